The summed E-state index contributed by atoms with van der Waals surface area (Å²) in [7, 11) is 1.69. The molecule has 3 rings (SSSR count). The van der Waals surface area contributed by atoms with E-state index >= 15 is 0 Å². The molecule has 104 valence electrons. The summed E-state index contributed by atoms with van der Waals surface area (Å²) >= 11 is 0. The molecule has 0 aliphatic heterocycles. The first-order chi connectivity index (χ1) is 10.1. The maximum Gasteiger partial charge on any atom is 0.329 e. The average molecular weight is 281 g/mol. The lowest BCUT2D eigenvalue weighted by Crippen LogP contribution is -2.23. The molecule has 0 saturated carbocycles. The zero-order valence-electron chi connectivity index (χ0n) is 11.4. The van der Waals surface area contributed by atoms with E-state index in [0.29, 0.717) is 11.1 Å². The largest absolute Gasteiger partial charge is 0.329 e. The van der Waals surface area contributed by atoms with Crippen molar-refractivity contribution in [1.29, 1.82) is 5.26 Å². The van der Waals surface area contributed by atoms with Crippen molar-refractivity contribution < 1.29 is 4.39 Å². The van der Waals surface area contributed by atoms with Crippen LogP contribution >= 0.6 is 0 Å². The summed E-state index contributed by atoms with van der Waals surface area (Å²) in [5.74, 6) is -0.419. The van der Waals surface area contributed by atoms with E-state index in [1.807, 2.05) is 30.3 Å². The molecule has 3 aromatic rings. The lowest BCUT2D eigenvalue weighted by molar-refractivity contribution is 0.622. The highest BCUT2D eigenvalue weighted by Gasteiger charge is 2.12. The standard InChI is InChI=1S/C16H12FN3O/c1-19-14-4-2-3-5-15(14)20(16(19)21)10-12-8-13(17)7-6-11(12)9-18/h2-8H,10H2,1H3. The van der Waals surface area contributed by atoms with Gasteiger partial charge in [0.1, 0.15) is 5.82 Å². The Bertz CT molecular complexity index is 931. The summed E-state index contributed by atoms with van der Waals surface area (Å²) in [6.07, 6.45) is 0. The summed E-state index contributed by atoms with van der Waals surface area (Å²) in [4.78, 5) is 12.3. The second-order valence-electron chi connectivity index (χ2n) is 4.83. The molecule has 0 aliphatic rings. The average Bonchev–Trinajstić information content (AvgIpc) is 2.73. The van der Waals surface area contributed by atoms with Gasteiger partial charge in [-0.25, -0.2) is 9.18 Å². The lowest BCUT2D eigenvalue weighted by Gasteiger charge is -2.06. The van der Waals surface area contributed by atoms with Gasteiger partial charge >= 0.3 is 5.69 Å². The van der Waals surface area contributed by atoms with Crippen LogP contribution in [0.5, 0.6) is 0 Å². The van der Waals surface area contributed by atoms with Crippen molar-refractivity contribution in [2.45, 2.75) is 6.54 Å². The van der Waals surface area contributed by atoms with Gasteiger partial charge in [-0.05, 0) is 35.9 Å². The van der Waals surface area contributed by atoms with E-state index in [4.69, 9.17) is 5.26 Å². The molecule has 0 saturated heterocycles. The van der Waals surface area contributed by atoms with Crippen molar-refractivity contribution in [3.63, 3.8) is 0 Å². The first kappa shape index (κ1) is 13.1. The molecule has 0 radical (unpaired) electrons. The van der Waals surface area contributed by atoms with Gasteiger partial charge in [-0.3, -0.25) is 9.13 Å². The number of aryl methyl sites for hydroxylation is 1. The van der Waals surface area contributed by atoms with Crippen LogP contribution in [0.4, 0.5) is 4.39 Å². The Hall–Kier alpha value is -2.87. The Morgan fingerprint density at radius 1 is 1.19 bits per heavy atom. The first-order valence-corrected chi connectivity index (χ1v) is 6.44. The minimum Gasteiger partial charge on any atom is -0.295 e. The molecule has 0 fully saturated rings. The minimum absolute atomic E-state index is 0.167. The van der Waals surface area contributed by atoms with Gasteiger partial charge in [-0.1, -0.05) is 12.1 Å². The number of benzene rings is 2. The van der Waals surface area contributed by atoms with E-state index in [9.17, 15) is 9.18 Å². The molecule has 5 heteroatoms. The van der Waals surface area contributed by atoms with E-state index in [1.54, 1.807) is 16.2 Å². The molecule has 0 atom stereocenters. The number of halogens is 1. The summed E-state index contributed by atoms with van der Waals surface area (Å²) in [5, 5.41) is 9.11. The number of para-hydroxylation sites is 2. The van der Waals surface area contributed by atoms with Gasteiger partial charge in [0, 0.05) is 7.05 Å². The van der Waals surface area contributed by atoms with Gasteiger partial charge in [-0.15, -0.1) is 0 Å². The number of nitrogens with zero attached hydrogens (tertiary/aromatic N) is 3. The molecule has 0 aliphatic carbocycles. The van der Waals surface area contributed by atoms with E-state index < -0.39 is 5.82 Å². The molecule has 4 nitrogen and oxygen atoms in total. The molecule has 1 aromatic heterocycles. The fourth-order valence-electron chi connectivity index (χ4n) is 2.49. The van der Waals surface area contributed by atoms with Crippen LogP contribution in [0, 0.1) is 17.1 Å². The zero-order valence-corrected chi connectivity index (χ0v) is 11.4. The second kappa shape index (κ2) is 4.91. The minimum atomic E-state index is -0.419. The summed E-state index contributed by atoms with van der Waals surface area (Å²) in [6, 6.07) is 13.4. The molecular formula is C16H12FN3O. The number of nitriles is 1. The van der Waals surface area contributed by atoms with E-state index in [1.165, 1.54) is 18.2 Å². The van der Waals surface area contributed by atoms with Gasteiger partial charge in [0.05, 0.1) is 29.2 Å². The van der Waals surface area contributed by atoms with Gasteiger partial charge < -0.3 is 0 Å². The summed E-state index contributed by atoms with van der Waals surface area (Å²) < 4.78 is 16.5. The van der Waals surface area contributed by atoms with Crippen molar-refractivity contribution >= 4 is 11.0 Å². The highest BCUT2D eigenvalue weighted by Crippen LogP contribution is 2.16. The molecular weight excluding hydrogens is 269 g/mol. The van der Waals surface area contributed by atoms with Gasteiger partial charge in [0.2, 0.25) is 0 Å². The highest BCUT2D eigenvalue weighted by atomic mass is 19.1. The third kappa shape index (κ3) is 2.11. The number of rotatable bonds is 2. The molecule has 1 heterocycles. The van der Waals surface area contributed by atoms with Crippen LogP contribution in [0.3, 0.4) is 0 Å². The predicted octanol–water partition coefficient (Wildman–Crippen LogP) is 2.40. The number of fused-ring (bicyclic) bond motifs is 1. The van der Waals surface area contributed by atoms with Crippen LogP contribution in [0.25, 0.3) is 11.0 Å². The van der Waals surface area contributed by atoms with Crippen molar-refractivity contribution in [2.24, 2.45) is 7.05 Å². The monoisotopic (exact) mass is 281 g/mol. The van der Waals surface area contributed by atoms with Crippen LogP contribution in [0.1, 0.15) is 11.1 Å². The zero-order chi connectivity index (χ0) is 15.0. The van der Waals surface area contributed by atoms with Crippen LogP contribution in [0.2, 0.25) is 0 Å². The highest BCUT2D eigenvalue weighted by molar-refractivity contribution is 5.76. The Kier molecular flexibility index (Phi) is 3.07. The number of hydrogen-bond donors (Lipinski definition) is 0. The SMILES string of the molecule is Cn1c(=O)n(Cc2cc(F)ccc2C#N)c2ccccc21. The van der Waals surface area contributed by atoms with Crippen LogP contribution in [0.15, 0.2) is 47.3 Å². The van der Waals surface area contributed by atoms with Crippen molar-refractivity contribution in [3.05, 3.63) is 69.9 Å². The van der Waals surface area contributed by atoms with Crippen LogP contribution in [-0.2, 0) is 13.6 Å². The summed E-state index contributed by atoms with van der Waals surface area (Å²) in [5.41, 5.74) is 2.24. The van der Waals surface area contributed by atoms with Crippen molar-refractivity contribution in [3.8, 4) is 6.07 Å². The number of aromatic nitrogens is 2. The quantitative estimate of drug-likeness (QED) is 0.724. The molecule has 0 bridgehead atoms. The Morgan fingerprint density at radius 2 is 1.90 bits per heavy atom. The molecule has 21 heavy (non-hydrogen) atoms. The maximum atomic E-state index is 13.4. The Morgan fingerprint density at radius 3 is 2.62 bits per heavy atom. The number of hydrogen-bond acceptors (Lipinski definition) is 2. The van der Waals surface area contributed by atoms with E-state index in [-0.39, 0.29) is 12.2 Å². The molecule has 0 unspecified atom stereocenters. The lowest BCUT2D eigenvalue weighted by atomic mass is 10.1. The topological polar surface area (TPSA) is 50.7 Å². The molecule has 0 spiro atoms. The first-order valence-electron chi connectivity index (χ1n) is 6.44. The third-order valence-electron chi connectivity index (χ3n) is 3.57. The maximum absolute atomic E-state index is 13.4. The second-order valence-corrected chi connectivity index (χ2v) is 4.83. The smallest absolute Gasteiger partial charge is 0.295 e. The van der Waals surface area contributed by atoms with Crippen LogP contribution in [-0.4, -0.2) is 9.13 Å². The van der Waals surface area contributed by atoms with Crippen molar-refractivity contribution in [2.75, 3.05) is 0 Å². The van der Waals surface area contributed by atoms with Gasteiger partial charge in [-0.2, -0.15) is 5.26 Å². The van der Waals surface area contributed by atoms with Crippen molar-refractivity contribution in [1.82, 2.24) is 9.13 Å². The predicted molar refractivity (Wildman–Crippen MR) is 77.4 cm³/mol. The van der Waals surface area contributed by atoms with Crippen LogP contribution < -0.4 is 5.69 Å². The van der Waals surface area contributed by atoms with Gasteiger partial charge in [0.15, 0.2) is 0 Å². The third-order valence-corrected chi connectivity index (χ3v) is 3.57. The Balaban J connectivity index is 2.20. The molecule has 0 N–H and O–H groups in total. The molecule has 2 aromatic carbocycles. The fourth-order valence-corrected chi connectivity index (χ4v) is 2.49. The van der Waals surface area contributed by atoms with E-state index in [0.717, 1.165) is 11.0 Å². The molecule has 0 amide bonds. The number of imidazole rings is 1. The summed E-state index contributed by atoms with van der Waals surface area (Å²) in [6.45, 7) is 0.167. The fraction of sp³-hybridized carbons (Fsp3) is 0.125. The normalized spacial score (nSPS) is 10.7. The Labute approximate surface area is 120 Å². The van der Waals surface area contributed by atoms with E-state index in [2.05, 4.69) is 0 Å². The van der Waals surface area contributed by atoms with Gasteiger partial charge in [0.25, 0.3) is 0 Å².